The third-order valence-corrected chi connectivity index (χ3v) is 7.23. The molecule has 1 heterocycles. The van der Waals surface area contributed by atoms with Crippen molar-refractivity contribution < 1.29 is 22.7 Å². The molecule has 0 spiro atoms. The molecule has 1 aliphatic rings. The Hall–Kier alpha value is -1.55. The number of nitrogens with one attached hydrogen (secondary N) is 1. The molecular weight excluding hydrogens is 463 g/mol. The summed E-state index contributed by atoms with van der Waals surface area (Å²) in [5, 5.41) is 3.27. The van der Waals surface area contributed by atoms with Gasteiger partial charge in [0.25, 0.3) is 5.91 Å². The Morgan fingerprint density at radius 1 is 1.07 bits per heavy atom. The standard InChI is InChI=1S/C18H17Cl3N2O5S/c1-27-16-3-2-11(8-17(16)29(25,26)23-4-6-28-7-5-23)18(24)22-15-10-13(20)12(19)9-14(15)21/h2-3,8-10H,4-7H2,1H3,(H,22,24). The number of carbonyl (C=O) groups excluding carboxylic acids is 1. The number of hydrogen-bond acceptors (Lipinski definition) is 5. The molecule has 1 fully saturated rings. The molecule has 0 atom stereocenters. The van der Waals surface area contributed by atoms with E-state index in [2.05, 4.69) is 5.32 Å². The zero-order valence-electron chi connectivity index (χ0n) is 15.2. The van der Waals surface area contributed by atoms with Crippen LogP contribution in [0, 0.1) is 0 Å². The average molecular weight is 480 g/mol. The molecule has 7 nitrogen and oxygen atoms in total. The lowest BCUT2D eigenvalue weighted by atomic mass is 10.2. The normalized spacial score (nSPS) is 15.2. The lowest BCUT2D eigenvalue weighted by molar-refractivity contribution is 0.0729. The van der Waals surface area contributed by atoms with E-state index in [9.17, 15) is 13.2 Å². The Balaban J connectivity index is 1.94. The average Bonchev–Trinajstić information content (AvgIpc) is 2.72. The molecule has 156 valence electrons. The van der Waals surface area contributed by atoms with Crippen LogP contribution in [0.25, 0.3) is 0 Å². The van der Waals surface area contributed by atoms with Gasteiger partial charge in [0.1, 0.15) is 10.6 Å². The SMILES string of the molecule is COc1ccc(C(=O)Nc2cc(Cl)c(Cl)cc2Cl)cc1S(=O)(=O)N1CCOCC1. The van der Waals surface area contributed by atoms with E-state index in [-0.39, 0.29) is 50.1 Å². The summed E-state index contributed by atoms with van der Waals surface area (Å²) in [6.07, 6.45) is 0. The van der Waals surface area contributed by atoms with Crippen molar-refractivity contribution in [3.05, 3.63) is 51.0 Å². The number of methoxy groups -OCH3 is 1. The van der Waals surface area contributed by atoms with Crippen molar-refractivity contribution in [2.24, 2.45) is 0 Å². The van der Waals surface area contributed by atoms with Gasteiger partial charge in [0.05, 0.1) is 41.1 Å². The number of anilines is 1. The number of nitrogens with zero attached hydrogens (tertiary/aromatic N) is 1. The van der Waals surface area contributed by atoms with Crippen molar-refractivity contribution >= 4 is 56.4 Å². The van der Waals surface area contributed by atoms with Crippen LogP contribution in [0.2, 0.25) is 15.1 Å². The summed E-state index contributed by atoms with van der Waals surface area (Å²) in [5.41, 5.74) is 0.360. The highest BCUT2D eigenvalue weighted by atomic mass is 35.5. The smallest absolute Gasteiger partial charge is 0.255 e. The highest BCUT2D eigenvalue weighted by Gasteiger charge is 2.30. The predicted octanol–water partition coefficient (Wildman–Crippen LogP) is 3.93. The van der Waals surface area contributed by atoms with E-state index >= 15 is 0 Å². The first-order valence-electron chi connectivity index (χ1n) is 8.46. The second-order valence-corrected chi connectivity index (χ2v) is 9.21. The summed E-state index contributed by atoms with van der Waals surface area (Å²) < 4.78 is 37.8. The Bertz CT molecular complexity index is 1040. The maximum atomic E-state index is 13.0. The van der Waals surface area contributed by atoms with Crippen LogP contribution in [0.15, 0.2) is 35.2 Å². The van der Waals surface area contributed by atoms with E-state index in [1.165, 1.54) is 41.7 Å². The minimum Gasteiger partial charge on any atom is -0.495 e. The molecule has 0 aromatic heterocycles. The van der Waals surface area contributed by atoms with E-state index in [1.807, 2.05) is 0 Å². The molecule has 0 radical (unpaired) electrons. The number of carbonyl (C=O) groups is 1. The van der Waals surface area contributed by atoms with Gasteiger partial charge in [-0.15, -0.1) is 0 Å². The number of hydrogen-bond donors (Lipinski definition) is 1. The maximum absolute atomic E-state index is 13.0. The topological polar surface area (TPSA) is 84.9 Å². The van der Waals surface area contributed by atoms with E-state index in [4.69, 9.17) is 44.3 Å². The number of benzene rings is 2. The number of ether oxygens (including phenoxy) is 2. The zero-order chi connectivity index (χ0) is 21.2. The van der Waals surface area contributed by atoms with Crippen molar-refractivity contribution in [2.45, 2.75) is 4.90 Å². The molecule has 1 saturated heterocycles. The summed E-state index contributed by atoms with van der Waals surface area (Å²) in [4.78, 5) is 12.6. The van der Waals surface area contributed by atoms with Crippen LogP contribution < -0.4 is 10.1 Å². The first-order valence-corrected chi connectivity index (χ1v) is 11.0. The van der Waals surface area contributed by atoms with Crippen molar-refractivity contribution in [3.8, 4) is 5.75 Å². The third kappa shape index (κ3) is 4.79. The second-order valence-electron chi connectivity index (χ2n) is 6.08. The van der Waals surface area contributed by atoms with Crippen LogP contribution in [0.4, 0.5) is 5.69 Å². The van der Waals surface area contributed by atoms with Gasteiger partial charge in [0.15, 0.2) is 0 Å². The molecule has 0 bridgehead atoms. The second kappa shape index (κ2) is 9.07. The van der Waals surface area contributed by atoms with Crippen LogP contribution in [-0.2, 0) is 14.8 Å². The molecule has 1 amide bonds. The van der Waals surface area contributed by atoms with Crippen molar-refractivity contribution in [3.63, 3.8) is 0 Å². The first-order chi connectivity index (χ1) is 13.7. The highest BCUT2D eigenvalue weighted by molar-refractivity contribution is 7.89. The Morgan fingerprint density at radius 3 is 2.38 bits per heavy atom. The van der Waals surface area contributed by atoms with Crippen LogP contribution >= 0.6 is 34.8 Å². The molecule has 2 aromatic rings. The van der Waals surface area contributed by atoms with E-state index in [0.717, 1.165) is 0 Å². The number of amides is 1. The van der Waals surface area contributed by atoms with E-state index < -0.39 is 15.9 Å². The Labute approximate surface area is 183 Å². The van der Waals surface area contributed by atoms with Crippen LogP contribution in [0.1, 0.15) is 10.4 Å². The van der Waals surface area contributed by atoms with Crippen LogP contribution in [-0.4, -0.2) is 52.0 Å². The summed E-state index contributed by atoms with van der Waals surface area (Å²) in [7, 11) is -2.51. The number of sulfonamides is 1. The number of rotatable bonds is 5. The van der Waals surface area contributed by atoms with E-state index in [1.54, 1.807) is 0 Å². The molecule has 0 saturated carbocycles. The number of halogens is 3. The van der Waals surface area contributed by atoms with E-state index in [0.29, 0.717) is 13.2 Å². The summed E-state index contributed by atoms with van der Waals surface area (Å²) in [5.74, 6) is -0.424. The highest BCUT2D eigenvalue weighted by Crippen LogP contribution is 2.33. The Morgan fingerprint density at radius 2 is 1.72 bits per heavy atom. The summed E-state index contributed by atoms with van der Waals surface area (Å²) >= 11 is 18.0. The van der Waals surface area contributed by atoms with Gasteiger partial charge in [-0.05, 0) is 30.3 Å². The fraction of sp³-hybridized carbons (Fsp3) is 0.278. The van der Waals surface area contributed by atoms with Gasteiger partial charge in [0.2, 0.25) is 10.0 Å². The van der Waals surface area contributed by atoms with Gasteiger partial charge in [0, 0.05) is 18.7 Å². The predicted molar refractivity (Wildman–Crippen MR) is 112 cm³/mol. The van der Waals surface area contributed by atoms with Crippen LogP contribution in [0.5, 0.6) is 5.75 Å². The van der Waals surface area contributed by atoms with Crippen LogP contribution in [0.3, 0.4) is 0 Å². The molecule has 1 aliphatic heterocycles. The quantitative estimate of drug-likeness (QED) is 0.657. The molecule has 0 aliphatic carbocycles. The summed E-state index contributed by atoms with van der Waals surface area (Å²) in [6, 6.07) is 6.98. The largest absolute Gasteiger partial charge is 0.495 e. The fourth-order valence-corrected chi connectivity index (χ4v) is 4.94. The minimum absolute atomic E-state index is 0.102. The summed E-state index contributed by atoms with van der Waals surface area (Å²) in [6.45, 7) is 1.05. The molecule has 29 heavy (non-hydrogen) atoms. The minimum atomic E-state index is -3.87. The van der Waals surface area contributed by atoms with Crippen molar-refractivity contribution in [2.75, 3.05) is 38.7 Å². The molecule has 3 rings (SSSR count). The number of morpholine rings is 1. The van der Waals surface area contributed by atoms with Gasteiger partial charge in [-0.3, -0.25) is 4.79 Å². The van der Waals surface area contributed by atoms with Gasteiger partial charge < -0.3 is 14.8 Å². The lowest BCUT2D eigenvalue weighted by Crippen LogP contribution is -2.40. The monoisotopic (exact) mass is 478 g/mol. The molecule has 11 heteroatoms. The van der Waals surface area contributed by atoms with Gasteiger partial charge in [-0.2, -0.15) is 4.31 Å². The van der Waals surface area contributed by atoms with Gasteiger partial charge >= 0.3 is 0 Å². The zero-order valence-corrected chi connectivity index (χ0v) is 18.3. The Kier molecular flexibility index (Phi) is 6.93. The molecule has 1 N–H and O–H groups in total. The fourth-order valence-electron chi connectivity index (χ4n) is 2.76. The molecule has 2 aromatic carbocycles. The van der Waals surface area contributed by atoms with Crippen molar-refractivity contribution in [1.29, 1.82) is 0 Å². The van der Waals surface area contributed by atoms with Crippen molar-refractivity contribution in [1.82, 2.24) is 4.31 Å². The maximum Gasteiger partial charge on any atom is 0.255 e. The molecular formula is C18H17Cl3N2O5S. The third-order valence-electron chi connectivity index (χ3n) is 4.27. The first kappa shape index (κ1) is 22.1. The lowest BCUT2D eigenvalue weighted by Gasteiger charge is -2.26. The van der Waals surface area contributed by atoms with Gasteiger partial charge in [-0.25, -0.2) is 8.42 Å². The molecule has 0 unspecified atom stereocenters. The van der Waals surface area contributed by atoms with Gasteiger partial charge in [-0.1, -0.05) is 34.8 Å².